The Labute approximate surface area is 349 Å². The van der Waals surface area contributed by atoms with Gasteiger partial charge in [-0.3, -0.25) is 19.2 Å². The molecule has 7 unspecified atom stereocenters. The number of amides is 4. The minimum absolute atomic E-state index is 0.0233. The first-order chi connectivity index (χ1) is 26.4. The Bertz CT molecular complexity index is 1580. The van der Waals surface area contributed by atoms with Crippen LogP contribution in [0.15, 0.2) is 0 Å². The Hall–Kier alpha value is -3.89. The lowest BCUT2D eigenvalue weighted by atomic mass is 9.85. The molecule has 0 saturated heterocycles. The van der Waals surface area contributed by atoms with Crippen LogP contribution in [0.25, 0.3) is 0 Å². The zero-order valence-corrected chi connectivity index (χ0v) is 38.0. The molecule has 0 saturated carbocycles. The van der Waals surface area contributed by atoms with Crippen molar-refractivity contribution in [2.75, 3.05) is 11.5 Å². The number of primary amides is 2. The average molecular weight is 888 g/mol. The van der Waals surface area contributed by atoms with Gasteiger partial charge in [0.05, 0.1) is 31.7 Å². The number of hydrogen-bond acceptors (Lipinski definition) is 16. The molecule has 348 valence electrons. The molecule has 22 heteroatoms. The molecule has 0 rings (SSSR count). The summed E-state index contributed by atoms with van der Waals surface area (Å²) in [7, 11) is -8.86. The first-order valence-electron chi connectivity index (χ1n) is 19.1. The van der Waals surface area contributed by atoms with E-state index in [1.807, 2.05) is 13.8 Å². The van der Waals surface area contributed by atoms with Crippen LogP contribution < -0.4 is 37.4 Å². The maximum absolute atomic E-state index is 12.4. The Morgan fingerprint density at radius 1 is 0.492 bits per heavy atom. The fourth-order valence-electron chi connectivity index (χ4n) is 4.86. The average Bonchev–Trinajstić information content (AvgIpc) is 3.05. The van der Waals surface area contributed by atoms with Gasteiger partial charge in [-0.2, -0.15) is 0 Å². The molecule has 0 radical (unpaired) electrons. The van der Waals surface area contributed by atoms with Gasteiger partial charge in [-0.1, -0.05) is 55.4 Å². The quantitative estimate of drug-likeness (QED) is 0.0827. The summed E-state index contributed by atoms with van der Waals surface area (Å²) in [4.78, 5) is 77.1. The molecule has 7 atom stereocenters. The third kappa shape index (κ3) is 33.6. The van der Waals surface area contributed by atoms with Crippen molar-refractivity contribution in [1.82, 2.24) is 10.6 Å². The molecule has 0 aliphatic heterocycles. The van der Waals surface area contributed by atoms with Gasteiger partial charge in [0, 0.05) is 52.7 Å². The lowest BCUT2D eigenvalue weighted by Gasteiger charge is -2.30. The van der Waals surface area contributed by atoms with E-state index >= 15 is 0 Å². The smallest absolute Gasteiger partial charge is 0.223 e. The molecule has 59 heavy (non-hydrogen) atoms. The lowest BCUT2D eigenvalue weighted by molar-refractivity contribution is -0.312. The molecule has 0 fully saturated rings. The molecular formula is C37H67N4O16S2-5. The normalized spacial score (nSPS) is 15.2. The van der Waals surface area contributed by atoms with E-state index < -0.39 is 102 Å². The van der Waals surface area contributed by atoms with Gasteiger partial charge < -0.3 is 60.9 Å². The number of carbonyl (C=O) groups is 7. The SMILES string of the molecule is CCC(C)C(=O)NC(C)(C)CS(=O)(=O)[O-].CCC(C)C(=O)[O-].CCC(CC(C)C(=O)[O-])C(N)=O.CCC(CC(CC(C)C(=O)[O-])C(N)=O)C(=O)NC(C)(C)CS(=O)(=O)[O-]. The zero-order chi connectivity index (χ0) is 47.9. The molecule has 0 aromatic heterocycles. The van der Waals surface area contributed by atoms with E-state index in [1.165, 1.54) is 41.5 Å². The molecule has 4 amide bonds. The number of hydrogen-bond donors (Lipinski definition) is 4. The summed E-state index contributed by atoms with van der Waals surface area (Å²) in [6, 6.07) is 0. The summed E-state index contributed by atoms with van der Waals surface area (Å²) in [6.45, 7) is 19.3. The zero-order valence-electron chi connectivity index (χ0n) is 36.4. The van der Waals surface area contributed by atoms with Crippen LogP contribution >= 0.6 is 0 Å². The Kier molecular flexibility index (Phi) is 29.9. The van der Waals surface area contributed by atoms with Crippen molar-refractivity contribution in [3.05, 3.63) is 0 Å². The van der Waals surface area contributed by atoms with Crippen molar-refractivity contribution >= 4 is 61.8 Å². The van der Waals surface area contributed by atoms with Crippen LogP contribution in [-0.2, 0) is 53.8 Å². The number of carbonyl (C=O) groups excluding carboxylic acids is 7. The second-order valence-electron chi connectivity index (χ2n) is 15.9. The molecule has 0 aromatic carbocycles. The lowest BCUT2D eigenvalue weighted by Crippen LogP contribution is -2.50. The molecule has 0 aromatic rings. The van der Waals surface area contributed by atoms with E-state index in [4.69, 9.17) is 11.5 Å². The van der Waals surface area contributed by atoms with E-state index in [1.54, 1.807) is 27.7 Å². The van der Waals surface area contributed by atoms with Crippen LogP contribution in [0.5, 0.6) is 0 Å². The van der Waals surface area contributed by atoms with Gasteiger partial charge in [0.15, 0.2) is 0 Å². The second-order valence-corrected chi connectivity index (χ2v) is 18.8. The highest BCUT2D eigenvalue weighted by atomic mass is 32.2. The number of nitrogens with one attached hydrogen (secondary N) is 2. The molecule has 0 bridgehead atoms. The molecular weight excluding hydrogens is 821 g/mol. The van der Waals surface area contributed by atoms with Crippen molar-refractivity contribution < 1.29 is 74.8 Å². The fourth-order valence-corrected chi connectivity index (χ4v) is 6.77. The molecule has 6 N–H and O–H groups in total. The molecule has 0 aliphatic rings. The monoisotopic (exact) mass is 887 g/mol. The van der Waals surface area contributed by atoms with Crippen molar-refractivity contribution in [3.63, 3.8) is 0 Å². The summed E-state index contributed by atoms with van der Waals surface area (Å²) in [5.74, 6) is -10.5. The van der Waals surface area contributed by atoms with Crippen LogP contribution in [0, 0.1) is 41.4 Å². The van der Waals surface area contributed by atoms with Crippen molar-refractivity contribution in [3.8, 4) is 0 Å². The van der Waals surface area contributed by atoms with Crippen LogP contribution in [0.1, 0.15) is 128 Å². The van der Waals surface area contributed by atoms with Gasteiger partial charge >= 0.3 is 0 Å². The largest absolute Gasteiger partial charge is 0.748 e. The Morgan fingerprint density at radius 3 is 1.03 bits per heavy atom. The van der Waals surface area contributed by atoms with Crippen molar-refractivity contribution in [2.45, 2.75) is 139 Å². The number of carboxylic acid groups (broad SMARTS) is 3. The Morgan fingerprint density at radius 2 is 0.797 bits per heavy atom. The highest BCUT2D eigenvalue weighted by molar-refractivity contribution is 7.86. The Balaban J connectivity index is -0.000000378. The highest BCUT2D eigenvalue weighted by Gasteiger charge is 2.31. The van der Waals surface area contributed by atoms with Crippen molar-refractivity contribution in [1.29, 1.82) is 0 Å². The number of carboxylic acids is 3. The van der Waals surface area contributed by atoms with Gasteiger partial charge in [-0.05, 0) is 90.4 Å². The van der Waals surface area contributed by atoms with E-state index in [0.29, 0.717) is 25.7 Å². The van der Waals surface area contributed by atoms with Crippen LogP contribution in [0.2, 0.25) is 0 Å². The maximum atomic E-state index is 12.4. The first kappa shape index (κ1) is 61.8. The van der Waals surface area contributed by atoms with Crippen LogP contribution in [0.3, 0.4) is 0 Å². The minimum atomic E-state index is -4.53. The molecule has 0 aliphatic carbocycles. The minimum Gasteiger partial charge on any atom is -0.748 e. The summed E-state index contributed by atoms with van der Waals surface area (Å²) >= 11 is 0. The summed E-state index contributed by atoms with van der Waals surface area (Å²) in [6.07, 6.45) is 2.47. The van der Waals surface area contributed by atoms with Gasteiger partial charge in [-0.25, -0.2) is 16.8 Å². The number of aliphatic carboxylic acids is 3. The third-order valence-corrected chi connectivity index (χ3v) is 11.0. The topological polar surface area (TPSA) is 379 Å². The predicted octanol–water partition coefficient (Wildman–Crippen LogP) is -1.75. The van der Waals surface area contributed by atoms with Crippen LogP contribution in [0.4, 0.5) is 0 Å². The maximum Gasteiger partial charge on any atom is 0.223 e. The summed E-state index contributed by atoms with van der Waals surface area (Å²) in [5.41, 5.74) is 8.05. The van der Waals surface area contributed by atoms with Gasteiger partial charge in [0.1, 0.15) is 0 Å². The first-order valence-corrected chi connectivity index (χ1v) is 22.3. The highest BCUT2D eigenvalue weighted by Crippen LogP contribution is 2.23. The molecule has 0 heterocycles. The van der Waals surface area contributed by atoms with E-state index in [9.17, 15) is 74.8 Å². The second kappa shape index (κ2) is 28.6. The standard InChI is InChI=1S/C15H28N2O7S.C9H19NO4S.C8H15NO3.C5H10O2/c1-5-10(7-11(12(16)18)6-9(2)14(20)21)13(19)17-15(3,4)8-25(22,23)24;1-5-7(2)8(11)10-9(3,4)6-15(12,13)14;1-3-6(7(9)10)4-5(2)8(11)12;1-3-4(2)5(6)7/h9-11H,5-8H2,1-4H3,(H2,16,18)(H,17,19)(H,20,21)(H,22,23,24);7H,5-6H2,1-4H3,(H,10,11)(H,12,13,14);5-6H,3-4H2,1-2H3,(H2,9,10)(H,11,12);4H,3H2,1-2H3,(H,6,7)/p-5. The van der Waals surface area contributed by atoms with E-state index in [-0.39, 0.29) is 42.9 Å². The number of rotatable bonds is 23. The van der Waals surface area contributed by atoms with Crippen LogP contribution in [-0.4, -0.2) is 90.1 Å². The van der Waals surface area contributed by atoms with Gasteiger partial charge in [-0.15, -0.1) is 0 Å². The molecule has 20 nitrogen and oxygen atoms in total. The summed E-state index contributed by atoms with van der Waals surface area (Å²) in [5, 5.41) is 36.0. The molecule has 0 spiro atoms. The number of nitrogens with two attached hydrogens (primary N) is 2. The fraction of sp³-hybridized carbons (Fsp3) is 0.811. The van der Waals surface area contributed by atoms with E-state index in [0.717, 1.165) is 0 Å². The van der Waals surface area contributed by atoms with Gasteiger partial charge in [0.25, 0.3) is 0 Å². The predicted molar refractivity (Wildman–Crippen MR) is 209 cm³/mol. The van der Waals surface area contributed by atoms with E-state index in [2.05, 4.69) is 10.6 Å². The summed E-state index contributed by atoms with van der Waals surface area (Å²) < 4.78 is 64.4. The van der Waals surface area contributed by atoms with Crippen molar-refractivity contribution in [2.24, 2.45) is 52.9 Å². The third-order valence-electron chi connectivity index (χ3n) is 8.88. The van der Waals surface area contributed by atoms with Gasteiger partial charge in [0.2, 0.25) is 23.6 Å².